The zero-order valence-corrected chi connectivity index (χ0v) is 21.0. The van der Waals surface area contributed by atoms with E-state index in [0.717, 1.165) is 28.9 Å². The van der Waals surface area contributed by atoms with Gasteiger partial charge in [-0.05, 0) is 48.6 Å². The number of aryl methyl sites for hydroxylation is 1. The molecule has 1 N–H and O–H groups in total. The van der Waals surface area contributed by atoms with Crippen molar-refractivity contribution in [3.05, 3.63) is 95.6 Å². The molecule has 0 unspecified atom stereocenters. The van der Waals surface area contributed by atoms with E-state index in [1.54, 1.807) is 4.90 Å². The minimum atomic E-state index is -0.620. The van der Waals surface area contributed by atoms with E-state index in [1.807, 2.05) is 92.7 Å². The number of fused-ring (bicyclic) bond motifs is 1. The molecule has 2 amide bonds. The maximum atomic E-state index is 13.7. The minimum Gasteiger partial charge on any atom is -0.454 e. The standard InChI is InChI=1S/C30H34N2O4/c1-3-22(2)31-30(34)26(18-23-10-6-4-7-11-23)32(20-25-12-8-5-9-13-25)29(33)17-15-24-14-16-27-28(19-24)36-21-35-27/h4-14,16,19,22,26H,3,15,17-18,20-21H2,1-2H3,(H,31,34)/t22-,26+/m1/s1. The zero-order chi connectivity index (χ0) is 25.3. The largest absolute Gasteiger partial charge is 0.454 e. The molecule has 0 saturated heterocycles. The van der Waals surface area contributed by atoms with Gasteiger partial charge in [0, 0.05) is 25.4 Å². The molecular weight excluding hydrogens is 452 g/mol. The van der Waals surface area contributed by atoms with E-state index >= 15 is 0 Å². The van der Waals surface area contributed by atoms with Gasteiger partial charge in [-0.1, -0.05) is 73.7 Å². The van der Waals surface area contributed by atoms with Crippen molar-refractivity contribution in [1.82, 2.24) is 10.2 Å². The van der Waals surface area contributed by atoms with Gasteiger partial charge in [0.2, 0.25) is 18.6 Å². The van der Waals surface area contributed by atoms with Crippen molar-refractivity contribution in [3.8, 4) is 11.5 Å². The Morgan fingerprint density at radius 1 is 0.889 bits per heavy atom. The molecule has 0 saturated carbocycles. The van der Waals surface area contributed by atoms with E-state index in [9.17, 15) is 9.59 Å². The van der Waals surface area contributed by atoms with E-state index in [2.05, 4.69) is 5.32 Å². The van der Waals surface area contributed by atoms with E-state index in [1.165, 1.54) is 0 Å². The monoisotopic (exact) mass is 486 g/mol. The van der Waals surface area contributed by atoms with E-state index in [-0.39, 0.29) is 31.1 Å². The predicted octanol–water partition coefficient (Wildman–Crippen LogP) is 4.90. The third-order valence-electron chi connectivity index (χ3n) is 6.53. The molecule has 4 rings (SSSR count). The molecule has 1 heterocycles. The van der Waals surface area contributed by atoms with Crippen molar-refractivity contribution in [1.29, 1.82) is 0 Å². The molecule has 3 aromatic carbocycles. The topological polar surface area (TPSA) is 67.9 Å². The number of hydrogen-bond acceptors (Lipinski definition) is 4. The second kappa shape index (κ2) is 12.2. The van der Waals surface area contributed by atoms with Crippen molar-refractivity contribution in [2.24, 2.45) is 0 Å². The molecule has 1 aliphatic heterocycles. The number of nitrogens with one attached hydrogen (secondary N) is 1. The molecule has 6 heteroatoms. The van der Waals surface area contributed by atoms with E-state index in [4.69, 9.17) is 9.47 Å². The summed E-state index contributed by atoms with van der Waals surface area (Å²) in [5, 5.41) is 3.11. The molecular formula is C30H34N2O4. The van der Waals surface area contributed by atoms with Crippen molar-refractivity contribution < 1.29 is 19.1 Å². The summed E-state index contributed by atoms with van der Waals surface area (Å²) >= 11 is 0. The lowest BCUT2D eigenvalue weighted by Gasteiger charge is -2.32. The first-order chi connectivity index (χ1) is 17.5. The highest BCUT2D eigenvalue weighted by Crippen LogP contribution is 2.33. The molecule has 1 aliphatic rings. The molecule has 3 aromatic rings. The Bertz CT molecular complexity index is 1150. The highest BCUT2D eigenvalue weighted by molar-refractivity contribution is 5.88. The number of nitrogens with zero attached hydrogens (tertiary/aromatic N) is 1. The molecule has 36 heavy (non-hydrogen) atoms. The van der Waals surface area contributed by atoms with Crippen molar-refractivity contribution in [2.45, 2.75) is 58.2 Å². The molecule has 0 fully saturated rings. The highest BCUT2D eigenvalue weighted by atomic mass is 16.7. The molecule has 0 aliphatic carbocycles. The van der Waals surface area contributed by atoms with Crippen LogP contribution in [-0.2, 0) is 29.0 Å². The lowest BCUT2D eigenvalue weighted by molar-refractivity contribution is -0.141. The molecule has 0 spiro atoms. The third kappa shape index (κ3) is 6.66. The Kier molecular flexibility index (Phi) is 8.61. The minimum absolute atomic E-state index is 0.0260. The fourth-order valence-electron chi connectivity index (χ4n) is 4.27. The quantitative estimate of drug-likeness (QED) is 0.419. The van der Waals surface area contributed by atoms with Gasteiger partial charge in [0.1, 0.15) is 6.04 Å². The van der Waals surface area contributed by atoms with Gasteiger partial charge in [-0.25, -0.2) is 0 Å². The number of benzene rings is 3. The van der Waals surface area contributed by atoms with Crippen LogP contribution < -0.4 is 14.8 Å². The van der Waals surface area contributed by atoms with Crippen LogP contribution in [0.1, 0.15) is 43.4 Å². The summed E-state index contributed by atoms with van der Waals surface area (Å²) in [5.74, 6) is 1.24. The number of carbonyl (C=O) groups excluding carboxylic acids is 2. The van der Waals surface area contributed by atoms with Crippen molar-refractivity contribution >= 4 is 11.8 Å². The molecule has 0 aromatic heterocycles. The number of amides is 2. The molecule has 6 nitrogen and oxygen atoms in total. The van der Waals surface area contributed by atoms with E-state index < -0.39 is 6.04 Å². The molecule has 188 valence electrons. The van der Waals surface area contributed by atoms with Gasteiger partial charge in [0.15, 0.2) is 11.5 Å². The number of hydrogen-bond donors (Lipinski definition) is 1. The van der Waals surface area contributed by atoms with Crippen molar-refractivity contribution in [2.75, 3.05) is 6.79 Å². The van der Waals surface area contributed by atoms with Gasteiger partial charge >= 0.3 is 0 Å². The maximum absolute atomic E-state index is 13.7. The van der Waals surface area contributed by atoms with Gasteiger partial charge in [-0.15, -0.1) is 0 Å². The number of ether oxygens (including phenoxy) is 2. The average molecular weight is 487 g/mol. The summed E-state index contributed by atoms with van der Waals surface area (Å²) in [7, 11) is 0. The predicted molar refractivity (Wildman–Crippen MR) is 140 cm³/mol. The smallest absolute Gasteiger partial charge is 0.243 e. The Balaban J connectivity index is 1.58. The third-order valence-corrected chi connectivity index (χ3v) is 6.53. The number of rotatable bonds is 11. The summed E-state index contributed by atoms with van der Waals surface area (Å²) in [5.41, 5.74) is 3.00. The first-order valence-electron chi connectivity index (χ1n) is 12.6. The van der Waals surface area contributed by atoms with Crippen LogP contribution in [0.5, 0.6) is 11.5 Å². The fourth-order valence-corrected chi connectivity index (χ4v) is 4.27. The summed E-state index contributed by atoms with van der Waals surface area (Å²) in [6.07, 6.45) is 2.10. The average Bonchev–Trinajstić information content (AvgIpc) is 3.38. The Morgan fingerprint density at radius 2 is 1.56 bits per heavy atom. The lowest BCUT2D eigenvalue weighted by Crippen LogP contribution is -2.52. The van der Waals surface area contributed by atoms with Gasteiger partial charge in [-0.2, -0.15) is 0 Å². The molecule has 2 atom stereocenters. The van der Waals surface area contributed by atoms with Crippen LogP contribution in [0, 0.1) is 0 Å². The van der Waals surface area contributed by atoms with Crippen LogP contribution in [0.15, 0.2) is 78.9 Å². The second-order valence-electron chi connectivity index (χ2n) is 9.22. The van der Waals surface area contributed by atoms with Crippen LogP contribution in [-0.4, -0.2) is 35.6 Å². The Hall–Kier alpha value is -3.80. The normalized spacial score (nSPS) is 13.6. The highest BCUT2D eigenvalue weighted by Gasteiger charge is 2.30. The molecule has 0 bridgehead atoms. The van der Waals surface area contributed by atoms with Gasteiger partial charge < -0.3 is 19.7 Å². The summed E-state index contributed by atoms with van der Waals surface area (Å²) in [6, 6.07) is 24.9. The second-order valence-corrected chi connectivity index (χ2v) is 9.22. The van der Waals surface area contributed by atoms with Gasteiger partial charge in [0.05, 0.1) is 0 Å². The van der Waals surface area contributed by atoms with Crippen LogP contribution in [0.2, 0.25) is 0 Å². The lowest BCUT2D eigenvalue weighted by atomic mass is 10.0. The van der Waals surface area contributed by atoms with Crippen LogP contribution in [0.4, 0.5) is 0 Å². The van der Waals surface area contributed by atoms with Crippen LogP contribution in [0.3, 0.4) is 0 Å². The van der Waals surface area contributed by atoms with Crippen LogP contribution in [0.25, 0.3) is 0 Å². The van der Waals surface area contributed by atoms with Crippen molar-refractivity contribution in [3.63, 3.8) is 0 Å². The molecule has 0 radical (unpaired) electrons. The zero-order valence-electron chi connectivity index (χ0n) is 21.0. The van der Waals surface area contributed by atoms with Crippen LogP contribution >= 0.6 is 0 Å². The first kappa shape index (κ1) is 25.3. The fraction of sp³-hybridized carbons (Fsp3) is 0.333. The summed E-state index contributed by atoms with van der Waals surface area (Å²) < 4.78 is 10.9. The summed E-state index contributed by atoms with van der Waals surface area (Å²) in [4.78, 5) is 29.0. The maximum Gasteiger partial charge on any atom is 0.243 e. The summed E-state index contributed by atoms with van der Waals surface area (Å²) in [6.45, 7) is 4.61. The SMILES string of the molecule is CC[C@@H](C)NC(=O)[C@H](Cc1ccccc1)N(Cc1ccccc1)C(=O)CCc1ccc2c(c1)OCO2. The Morgan fingerprint density at radius 3 is 2.25 bits per heavy atom. The van der Waals surface area contributed by atoms with Gasteiger partial charge in [-0.3, -0.25) is 9.59 Å². The number of carbonyl (C=O) groups is 2. The first-order valence-corrected chi connectivity index (χ1v) is 12.6. The Labute approximate surface area is 213 Å². The van der Waals surface area contributed by atoms with E-state index in [0.29, 0.717) is 25.1 Å². The van der Waals surface area contributed by atoms with Gasteiger partial charge in [0.25, 0.3) is 0 Å².